The molecule has 3 aromatic rings. The van der Waals surface area contributed by atoms with Crippen molar-refractivity contribution >= 4 is 29.9 Å². The lowest BCUT2D eigenvalue weighted by Crippen LogP contribution is -2.38. The van der Waals surface area contributed by atoms with E-state index in [0.717, 1.165) is 35.4 Å². The van der Waals surface area contributed by atoms with Gasteiger partial charge in [0, 0.05) is 20.6 Å². The van der Waals surface area contributed by atoms with E-state index in [9.17, 15) is 0 Å². The van der Waals surface area contributed by atoms with Crippen molar-refractivity contribution in [1.29, 1.82) is 0 Å². The number of guanidine groups is 1. The third-order valence-electron chi connectivity index (χ3n) is 4.11. The highest BCUT2D eigenvalue weighted by molar-refractivity contribution is 14.0. The Labute approximate surface area is 176 Å². The van der Waals surface area contributed by atoms with Gasteiger partial charge in [0.1, 0.15) is 12.2 Å². The summed E-state index contributed by atoms with van der Waals surface area (Å²) < 4.78 is 2.00. The normalized spacial score (nSPS) is 11.1. The lowest BCUT2D eigenvalue weighted by Gasteiger charge is -2.21. The van der Waals surface area contributed by atoms with Crippen LogP contribution in [0.1, 0.15) is 18.6 Å². The first-order chi connectivity index (χ1) is 12.7. The summed E-state index contributed by atoms with van der Waals surface area (Å²) in [5, 5.41) is 11.4. The van der Waals surface area contributed by atoms with E-state index in [0.29, 0.717) is 13.1 Å². The second kappa shape index (κ2) is 10.0. The number of hydrogen-bond acceptors (Lipinski definition) is 4. The summed E-state index contributed by atoms with van der Waals surface area (Å²) in [6, 6.07) is 10.2. The summed E-state index contributed by atoms with van der Waals surface area (Å²) in [5.41, 5.74) is 2.13. The van der Waals surface area contributed by atoms with Crippen molar-refractivity contribution in [3.05, 3.63) is 54.5 Å². The summed E-state index contributed by atoms with van der Waals surface area (Å²) in [6.07, 6.45) is 3.59. The van der Waals surface area contributed by atoms with Crippen molar-refractivity contribution < 1.29 is 0 Å². The lowest BCUT2D eigenvalue weighted by molar-refractivity contribution is 0.461. The molecule has 0 aliphatic rings. The molecule has 0 spiro atoms. The minimum atomic E-state index is 0. The number of halogens is 1. The van der Waals surface area contributed by atoms with Crippen LogP contribution >= 0.6 is 24.0 Å². The number of aromatic amines is 1. The summed E-state index contributed by atoms with van der Waals surface area (Å²) in [4.78, 5) is 14.2. The zero-order valence-electron chi connectivity index (χ0n) is 15.8. The van der Waals surface area contributed by atoms with E-state index in [4.69, 9.17) is 0 Å². The third-order valence-corrected chi connectivity index (χ3v) is 4.11. The first-order valence-electron chi connectivity index (χ1n) is 8.59. The maximum atomic E-state index is 4.48. The molecule has 0 aliphatic carbocycles. The van der Waals surface area contributed by atoms with Gasteiger partial charge >= 0.3 is 0 Å². The Morgan fingerprint density at radius 1 is 1.30 bits per heavy atom. The molecule has 0 saturated heterocycles. The number of aliphatic imine (C=N–C) groups is 1. The second-order valence-corrected chi connectivity index (χ2v) is 5.90. The number of nitrogens with one attached hydrogen (secondary N) is 2. The molecule has 0 aliphatic heterocycles. The monoisotopic (exact) mass is 480 g/mol. The van der Waals surface area contributed by atoms with Gasteiger partial charge in [-0.05, 0) is 12.5 Å². The van der Waals surface area contributed by atoms with Crippen LogP contribution in [0.2, 0.25) is 0 Å². The maximum absolute atomic E-state index is 4.48. The molecular weight excluding hydrogens is 455 g/mol. The number of aromatic nitrogens is 5. The number of imidazole rings is 1. The predicted octanol–water partition coefficient (Wildman–Crippen LogP) is 2.51. The number of H-pyrrole nitrogens is 1. The molecule has 144 valence electrons. The van der Waals surface area contributed by atoms with E-state index in [1.54, 1.807) is 13.4 Å². The Morgan fingerprint density at radius 2 is 2.07 bits per heavy atom. The maximum Gasteiger partial charge on any atom is 0.194 e. The summed E-state index contributed by atoms with van der Waals surface area (Å²) in [5.74, 6) is 2.53. The molecule has 0 bridgehead atoms. The lowest BCUT2D eigenvalue weighted by atomic mass is 10.2. The zero-order valence-corrected chi connectivity index (χ0v) is 18.1. The zero-order chi connectivity index (χ0) is 18.4. The minimum absolute atomic E-state index is 0. The van der Waals surface area contributed by atoms with Crippen molar-refractivity contribution in [3.63, 3.8) is 0 Å². The van der Waals surface area contributed by atoms with Crippen LogP contribution in [-0.4, -0.2) is 49.7 Å². The van der Waals surface area contributed by atoms with Crippen molar-refractivity contribution in [3.8, 4) is 11.3 Å². The van der Waals surface area contributed by atoms with Gasteiger partial charge in [0.2, 0.25) is 0 Å². The Kier molecular flexibility index (Phi) is 7.77. The van der Waals surface area contributed by atoms with Crippen molar-refractivity contribution in [2.24, 2.45) is 4.99 Å². The van der Waals surface area contributed by atoms with Crippen LogP contribution in [0.25, 0.3) is 11.3 Å². The predicted molar refractivity (Wildman–Crippen MR) is 117 cm³/mol. The third kappa shape index (κ3) is 5.28. The van der Waals surface area contributed by atoms with Crippen molar-refractivity contribution in [1.82, 2.24) is 34.9 Å². The van der Waals surface area contributed by atoms with Crippen molar-refractivity contribution in [2.75, 3.05) is 14.1 Å². The highest BCUT2D eigenvalue weighted by atomic mass is 127. The molecule has 0 radical (unpaired) electrons. The average Bonchev–Trinajstić information content (AvgIpc) is 3.32. The molecule has 9 heteroatoms. The number of hydrogen-bond donors (Lipinski definition) is 2. The summed E-state index contributed by atoms with van der Waals surface area (Å²) >= 11 is 0. The van der Waals surface area contributed by atoms with E-state index in [-0.39, 0.29) is 24.0 Å². The number of rotatable bonds is 6. The van der Waals surface area contributed by atoms with Crippen LogP contribution in [0.15, 0.2) is 47.8 Å². The molecule has 1 aromatic carbocycles. The van der Waals surface area contributed by atoms with Crippen LogP contribution in [0.4, 0.5) is 0 Å². The van der Waals surface area contributed by atoms with Gasteiger partial charge in [-0.2, -0.15) is 0 Å². The molecule has 2 heterocycles. The van der Waals surface area contributed by atoms with Gasteiger partial charge in [0.05, 0.1) is 25.0 Å². The van der Waals surface area contributed by atoms with Crippen molar-refractivity contribution in [2.45, 2.75) is 26.6 Å². The molecule has 8 nitrogen and oxygen atoms in total. The highest BCUT2D eigenvalue weighted by Crippen LogP contribution is 2.16. The van der Waals surface area contributed by atoms with E-state index >= 15 is 0 Å². The van der Waals surface area contributed by atoms with Crippen LogP contribution in [0, 0.1) is 0 Å². The number of benzene rings is 1. The van der Waals surface area contributed by atoms with Gasteiger partial charge in [-0.25, -0.2) is 4.98 Å². The smallest absolute Gasteiger partial charge is 0.194 e. The Bertz CT molecular complexity index is 855. The Morgan fingerprint density at radius 3 is 2.78 bits per heavy atom. The Hall–Kier alpha value is -2.43. The average molecular weight is 480 g/mol. The van der Waals surface area contributed by atoms with Gasteiger partial charge in [-0.1, -0.05) is 30.3 Å². The quantitative estimate of drug-likeness (QED) is 0.322. The SMILES string of the molecule is CCn1cnnc1CNC(=NC)N(C)Cc1ncc(-c2ccccc2)[nH]1.I. The Balaban J connectivity index is 0.00000261. The molecule has 0 atom stereocenters. The van der Waals surface area contributed by atoms with Gasteiger partial charge in [-0.15, -0.1) is 34.2 Å². The van der Waals surface area contributed by atoms with E-state index in [2.05, 4.69) is 49.5 Å². The van der Waals surface area contributed by atoms with E-state index in [1.165, 1.54) is 0 Å². The fourth-order valence-electron chi connectivity index (χ4n) is 2.73. The van der Waals surface area contributed by atoms with E-state index in [1.807, 2.05) is 40.9 Å². The molecule has 0 amide bonds. The van der Waals surface area contributed by atoms with Crippen LogP contribution in [0.5, 0.6) is 0 Å². The minimum Gasteiger partial charge on any atom is -0.349 e. The first kappa shape index (κ1) is 20.9. The topological polar surface area (TPSA) is 87.0 Å². The molecule has 3 rings (SSSR count). The molecule has 27 heavy (non-hydrogen) atoms. The van der Waals surface area contributed by atoms with Gasteiger partial charge < -0.3 is 19.8 Å². The van der Waals surface area contributed by atoms with Crippen LogP contribution in [-0.2, 0) is 19.6 Å². The fourth-order valence-corrected chi connectivity index (χ4v) is 2.73. The van der Waals surface area contributed by atoms with E-state index < -0.39 is 0 Å². The molecule has 0 unspecified atom stereocenters. The second-order valence-electron chi connectivity index (χ2n) is 5.90. The highest BCUT2D eigenvalue weighted by Gasteiger charge is 2.11. The molecule has 0 fully saturated rings. The van der Waals surface area contributed by atoms with Gasteiger partial charge in [0.25, 0.3) is 0 Å². The molecule has 0 saturated carbocycles. The first-order valence-corrected chi connectivity index (χ1v) is 8.59. The summed E-state index contributed by atoms with van der Waals surface area (Å²) in [6.45, 7) is 4.09. The van der Waals surface area contributed by atoms with Crippen LogP contribution < -0.4 is 5.32 Å². The van der Waals surface area contributed by atoms with Gasteiger partial charge in [-0.3, -0.25) is 4.99 Å². The number of nitrogens with zero attached hydrogens (tertiary/aromatic N) is 6. The molecule has 2 N–H and O–H groups in total. The summed E-state index contributed by atoms with van der Waals surface area (Å²) in [7, 11) is 3.74. The standard InChI is InChI=1S/C18H24N8.HI/c1-4-26-13-22-24-17(26)11-21-18(19-2)25(3)12-16-20-10-15(23-16)14-8-6-5-7-9-14;/h5-10,13H,4,11-12H2,1-3H3,(H,19,21)(H,20,23);1H. The number of aryl methyl sites for hydroxylation is 1. The van der Waals surface area contributed by atoms with Gasteiger partial charge in [0.15, 0.2) is 11.8 Å². The molecular formula is C18H25IN8. The fraction of sp³-hybridized carbons (Fsp3) is 0.333. The van der Waals surface area contributed by atoms with Crippen LogP contribution in [0.3, 0.4) is 0 Å². The molecule has 2 aromatic heterocycles. The largest absolute Gasteiger partial charge is 0.349 e.